The van der Waals surface area contributed by atoms with Crippen molar-refractivity contribution in [2.75, 3.05) is 0 Å². The summed E-state index contributed by atoms with van der Waals surface area (Å²) < 4.78 is 6.04. The summed E-state index contributed by atoms with van der Waals surface area (Å²) >= 11 is 0. The largest absolute Gasteiger partial charge is 0.508 e. The molecule has 25 heavy (non-hydrogen) atoms. The Morgan fingerprint density at radius 2 is 1.52 bits per heavy atom. The van der Waals surface area contributed by atoms with Crippen molar-refractivity contribution >= 4 is 0 Å². The van der Waals surface area contributed by atoms with Crippen LogP contribution in [0, 0.1) is 17.8 Å². The van der Waals surface area contributed by atoms with E-state index in [4.69, 9.17) is 4.74 Å². The molecule has 0 saturated heterocycles. The van der Waals surface area contributed by atoms with Crippen molar-refractivity contribution in [3.63, 3.8) is 0 Å². The molecule has 2 nitrogen and oxygen atoms in total. The number of ether oxygens (including phenoxy) is 1. The first-order chi connectivity index (χ1) is 12.2. The van der Waals surface area contributed by atoms with Gasteiger partial charge in [0.15, 0.2) is 0 Å². The molecule has 2 aromatic carbocycles. The van der Waals surface area contributed by atoms with E-state index in [-0.39, 0.29) is 5.41 Å². The molecule has 0 radical (unpaired) electrons. The van der Waals surface area contributed by atoms with Crippen LogP contribution in [0.15, 0.2) is 48.5 Å². The molecule has 0 amide bonds. The Hall–Kier alpha value is -1.96. The topological polar surface area (TPSA) is 29.5 Å². The summed E-state index contributed by atoms with van der Waals surface area (Å²) in [5.74, 6) is 3.97. The number of phenolic OH excluding ortho intramolecular Hbond substituents is 1. The van der Waals surface area contributed by atoms with Crippen molar-refractivity contribution in [3.05, 3.63) is 59.7 Å². The quantitative estimate of drug-likeness (QED) is 0.807. The van der Waals surface area contributed by atoms with Gasteiger partial charge < -0.3 is 9.84 Å². The predicted molar refractivity (Wildman–Crippen MR) is 98.7 cm³/mol. The minimum Gasteiger partial charge on any atom is -0.508 e. The molecule has 4 aliphatic carbocycles. The van der Waals surface area contributed by atoms with Crippen LogP contribution in [0.2, 0.25) is 0 Å². The SMILES string of the molecule is Oc1ccc(OCc2ccccc2)cc1C12CC3CC(CC(C3)C1)C2. The summed E-state index contributed by atoms with van der Waals surface area (Å²) in [6.45, 7) is 0.575. The van der Waals surface area contributed by atoms with Crippen molar-refractivity contribution in [2.45, 2.75) is 50.5 Å². The van der Waals surface area contributed by atoms with Gasteiger partial charge in [-0.3, -0.25) is 0 Å². The van der Waals surface area contributed by atoms with Crippen molar-refractivity contribution in [3.8, 4) is 11.5 Å². The fourth-order valence-corrected chi connectivity index (χ4v) is 6.21. The van der Waals surface area contributed by atoms with Crippen LogP contribution in [-0.4, -0.2) is 5.11 Å². The van der Waals surface area contributed by atoms with Crippen molar-refractivity contribution in [1.82, 2.24) is 0 Å². The summed E-state index contributed by atoms with van der Waals surface area (Å²) in [7, 11) is 0. The number of hydrogen-bond donors (Lipinski definition) is 1. The molecule has 1 N–H and O–H groups in total. The highest BCUT2D eigenvalue weighted by Crippen LogP contribution is 2.62. The van der Waals surface area contributed by atoms with E-state index >= 15 is 0 Å². The highest BCUT2D eigenvalue weighted by Gasteiger charge is 2.52. The van der Waals surface area contributed by atoms with Crippen LogP contribution in [-0.2, 0) is 12.0 Å². The average molecular weight is 334 g/mol. The Labute approximate surface area is 149 Å². The summed E-state index contributed by atoms with van der Waals surface area (Å²) in [6, 6.07) is 16.1. The zero-order valence-electron chi connectivity index (χ0n) is 14.7. The van der Waals surface area contributed by atoms with Crippen LogP contribution in [0.25, 0.3) is 0 Å². The zero-order chi connectivity index (χ0) is 16.9. The third kappa shape index (κ3) is 2.72. The second-order valence-electron chi connectivity index (χ2n) is 8.65. The van der Waals surface area contributed by atoms with Gasteiger partial charge >= 0.3 is 0 Å². The molecule has 4 fully saturated rings. The summed E-state index contributed by atoms with van der Waals surface area (Å²) in [5, 5.41) is 10.6. The van der Waals surface area contributed by atoms with Gasteiger partial charge in [0.05, 0.1) is 0 Å². The molecule has 4 bridgehead atoms. The van der Waals surface area contributed by atoms with Crippen LogP contribution in [0.1, 0.15) is 49.7 Å². The molecule has 130 valence electrons. The van der Waals surface area contributed by atoms with Gasteiger partial charge in [0.1, 0.15) is 18.1 Å². The Morgan fingerprint density at radius 3 is 2.16 bits per heavy atom. The Balaban J connectivity index is 1.42. The molecule has 0 spiro atoms. The van der Waals surface area contributed by atoms with E-state index < -0.39 is 0 Å². The first-order valence-electron chi connectivity index (χ1n) is 9.70. The van der Waals surface area contributed by atoms with Crippen LogP contribution in [0.4, 0.5) is 0 Å². The lowest BCUT2D eigenvalue weighted by Gasteiger charge is -2.57. The number of phenols is 1. The first-order valence-corrected chi connectivity index (χ1v) is 9.70. The minimum atomic E-state index is 0.199. The molecule has 4 aliphatic rings. The second kappa shape index (κ2) is 5.79. The Bertz CT molecular complexity index is 730. The molecule has 0 aliphatic heterocycles. The maximum Gasteiger partial charge on any atom is 0.120 e. The lowest BCUT2D eigenvalue weighted by molar-refractivity contribution is -0.00624. The van der Waals surface area contributed by atoms with Gasteiger partial charge in [-0.15, -0.1) is 0 Å². The average Bonchev–Trinajstić information content (AvgIpc) is 2.60. The highest BCUT2D eigenvalue weighted by molar-refractivity contribution is 5.45. The molecule has 2 heteroatoms. The van der Waals surface area contributed by atoms with Gasteiger partial charge in [-0.1, -0.05) is 30.3 Å². The first kappa shape index (κ1) is 15.3. The molecule has 0 unspecified atom stereocenters. The fraction of sp³-hybridized carbons (Fsp3) is 0.478. The fourth-order valence-electron chi connectivity index (χ4n) is 6.21. The van der Waals surface area contributed by atoms with Crippen LogP contribution in [0.3, 0.4) is 0 Å². The summed E-state index contributed by atoms with van der Waals surface area (Å²) in [6.07, 6.45) is 8.04. The van der Waals surface area contributed by atoms with E-state index in [0.29, 0.717) is 12.4 Å². The Morgan fingerprint density at radius 1 is 0.880 bits per heavy atom. The zero-order valence-corrected chi connectivity index (χ0v) is 14.7. The van der Waals surface area contributed by atoms with E-state index in [1.54, 1.807) is 0 Å². The third-order valence-electron chi connectivity index (χ3n) is 6.83. The van der Waals surface area contributed by atoms with Gasteiger partial charge in [0.25, 0.3) is 0 Å². The molecule has 4 saturated carbocycles. The van der Waals surface area contributed by atoms with Crippen LogP contribution < -0.4 is 4.74 Å². The van der Waals surface area contributed by atoms with Gasteiger partial charge in [0.2, 0.25) is 0 Å². The summed E-state index contributed by atoms with van der Waals surface area (Å²) in [5.41, 5.74) is 2.52. The molecule has 6 rings (SSSR count). The van der Waals surface area contributed by atoms with E-state index in [1.165, 1.54) is 44.1 Å². The number of benzene rings is 2. The van der Waals surface area contributed by atoms with Crippen molar-refractivity contribution in [2.24, 2.45) is 17.8 Å². The smallest absolute Gasteiger partial charge is 0.120 e. The molecular formula is C23H26O2. The molecular weight excluding hydrogens is 308 g/mol. The van der Waals surface area contributed by atoms with Crippen LogP contribution >= 0.6 is 0 Å². The van der Waals surface area contributed by atoms with Crippen molar-refractivity contribution in [1.29, 1.82) is 0 Å². The Kier molecular flexibility index (Phi) is 3.55. The molecule has 0 heterocycles. The molecule has 0 atom stereocenters. The standard InChI is InChI=1S/C23H26O2/c24-22-7-6-20(25-15-16-4-2-1-3-5-16)11-21(22)23-12-17-8-18(13-23)10-19(9-17)14-23/h1-7,11,17-19,24H,8-10,12-15H2. The number of hydrogen-bond acceptors (Lipinski definition) is 2. The predicted octanol–water partition coefficient (Wildman–Crippen LogP) is 5.44. The van der Waals surface area contributed by atoms with Gasteiger partial charge in [-0.05, 0) is 85.5 Å². The highest BCUT2D eigenvalue weighted by atomic mass is 16.5. The van der Waals surface area contributed by atoms with E-state index in [1.807, 2.05) is 30.3 Å². The van der Waals surface area contributed by atoms with E-state index in [0.717, 1.165) is 29.1 Å². The maximum atomic E-state index is 10.6. The number of rotatable bonds is 4. The second-order valence-corrected chi connectivity index (χ2v) is 8.65. The number of aromatic hydroxyl groups is 1. The molecule has 0 aromatic heterocycles. The van der Waals surface area contributed by atoms with Crippen LogP contribution in [0.5, 0.6) is 11.5 Å². The maximum absolute atomic E-state index is 10.6. The lowest BCUT2D eigenvalue weighted by Crippen LogP contribution is -2.48. The third-order valence-corrected chi connectivity index (χ3v) is 6.83. The van der Waals surface area contributed by atoms with Gasteiger partial charge in [-0.2, -0.15) is 0 Å². The van der Waals surface area contributed by atoms with E-state index in [9.17, 15) is 5.11 Å². The van der Waals surface area contributed by atoms with Gasteiger partial charge in [0, 0.05) is 5.56 Å². The molecule has 2 aromatic rings. The minimum absolute atomic E-state index is 0.199. The van der Waals surface area contributed by atoms with Gasteiger partial charge in [-0.25, -0.2) is 0 Å². The normalized spacial score (nSPS) is 32.7. The van der Waals surface area contributed by atoms with Crippen molar-refractivity contribution < 1.29 is 9.84 Å². The van der Waals surface area contributed by atoms with E-state index in [2.05, 4.69) is 18.2 Å². The monoisotopic (exact) mass is 334 g/mol. The summed E-state index contributed by atoms with van der Waals surface area (Å²) in [4.78, 5) is 0. The lowest BCUT2D eigenvalue weighted by atomic mass is 9.48.